The van der Waals surface area contributed by atoms with Crippen LogP contribution < -0.4 is 15.5 Å². The van der Waals surface area contributed by atoms with Gasteiger partial charge in [-0.1, -0.05) is 0 Å². The number of nitrogens with one attached hydrogen (secondary N) is 2. The molecular weight excluding hydrogens is 326 g/mol. The Morgan fingerprint density at radius 2 is 2.25 bits per heavy atom. The zero-order chi connectivity index (χ0) is 17.3. The van der Waals surface area contributed by atoms with E-state index in [0.717, 1.165) is 10.7 Å². The van der Waals surface area contributed by atoms with Gasteiger partial charge in [0.25, 0.3) is 5.91 Å². The number of carbonyl (C=O) groups is 2. The summed E-state index contributed by atoms with van der Waals surface area (Å²) in [6.45, 7) is 4.75. The minimum absolute atomic E-state index is 0.0589. The van der Waals surface area contributed by atoms with Gasteiger partial charge in [0.05, 0.1) is 28.5 Å². The summed E-state index contributed by atoms with van der Waals surface area (Å²) in [7, 11) is 1.68. The number of hydrogen-bond acceptors (Lipinski definition) is 6. The first-order valence-corrected chi connectivity index (χ1v) is 8.49. The Morgan fingerprint density at radius 1 is 1.46 bits per heavy atom. The smallest absolute Gasteiger partial charge is 0.252 e. The van der Waals surface area contributed by atoms with E-state index < -0.39 is 0 Å². The zero-order valence-corrected chi connectivity index (χ0v) is 14.7. The Kier molecular flexibility index (Phi) is 4.48. The van der Waals surface area contributed by atoms with Crippen LogP contribution in [-0.2, 0) is 11.2 Å². The van der Waals surface area contributed by atoms with Crippen LogP contribution in [0.3, 0.4) is 0 Å². The molecule has 1 aliphatic heterocycles. The maximum absolute atomic E-state index is 12.3. The van der Waals surface area contributed by atoms with Crippen molar-refractivity contribution < 1.29 is 9.59 Å². The molecule has 0 bridgehead atoms. The van der Waals surface area contributed by atoms with Gasteiger partial charge >= 0.3 is 0 Å². The van der Waals surface area contributed by atoms with Crippen LogP contribution in [0, 0.1) is 13.8 Å². The van der Waals surface area contributed by atoms with E-state index in [1.807, 2.05) is 13.8 Å². The van der Waals surface area contributed by atoms with Crippen LogP contribution in [0.1, 0.15) is 25.9 Å². The molecule has 2 aromatic heterocycles. The number of fused-ring (bicyclic) bond motifs is 1. The number of aromatic nitrogens is 2. The Bertz CT molecular complexity index is 782. The topological polar surface area (TPSA) is 87.2 Å². The van der Waals surface area contributed by atoms with Gasteiger partial charge in [0, 0.05) is 31.1 Å². The first-order chi connectivity index (χ1) is 11.5. The van der Waals surface area contributed by atoms with E-state index >= 15 is 0 Å². The summed E-state index contributed by atoms with van der Waals surface area (Å²) in [5.41, 5.74) is 2.09. The van der Waals surface area contributed by atoms with E-state index in [0.29, 0.717) is 30.0 Å². The average Bonchev–Trinajstić information content (AvgIpc) is 2.89. The van der Waals surface area contributed by atoms with Gasteiger partial charge in [0.1, 0.15) is 5.82 Å². The Labute approximate surface area is 144 Å². The first-order valence-electron chi connectivity index (χ1n) is 7.67. The number of likely N-dealkylation sites (N-methyl/N-ethyl adjacent to an activating group) is 1. The van der Waals surface area contributed by atoms with Gasteiger partial charge in [-0.2, -0.15) is 0 Å². The number of nitrogens with zero attached hydrogens (tertiary/aromatic N) is 3. The molecule has 0 aromatic carbocycles. The highest BCUT2D eigenvalue weighted by Crippen LogP contribution is 2.27. The Balaban J connectivity index is 1.64. The molecule has 0 saturated carbocycles. The van der Waals surface area contributed by atoms with Crippen LogP contribution in [-0.4, -0.2) is 41.9 Å². The van der Waals surface area contributed by atoms with Crippen LogP contribution in [0.25, 0.3) is 0 Å². The predicted molar refractivity (Wildman–Crippen MR) is 93.8 cm³/mol. The van der Waals surface area contributed by atoms with Crippen molar-refractivity contribution in [2.75, 3.05) is 30.4 Å². The molecule has 24 heavy (non-hydrogen) atoms. The normalized spacial score (nSPS) is 13.5. The van der Waals surface area contributed by atoms with E-state index in [9.17, 15) is 9.59 Å². The third-order valence-corrected chi connectivity index (χ3v) is 5.10. The molecule has 0 fully saturated rings. The summed E-state index contributed by atoms with van der Waals surface area (Å²) >= 11 is 1.65. The Hall–Kier alpha value is -2.48. The summed E-state index contributed by atoms with van der Waals surface area (Å²) < 4.78 is 0. The van der Waals surface area contributed by atoms with Gasteiger partial charge in [-0.25, -0.2) is 9.97 Å². The molecule has 3 heterocycles. The number of amides is 2. The van der Waals surface area contributed by atoms with Crippen molar-refractivity contribution in [2.24, 2.45) is 0 Å². The van der Waals surface area contributed by atoms with Gasteiger partial charge < -0.3 is 15.5 Å². The van der Waals surface area contributed by atoms with Crippen molar-refractivity contribution in [3.05, 3.63) is 33.4 Å². The zero-order valence-electron chi connectivity index (χ0n) is 13.8. The molecule has 0 unspecified atom stereocenters. The molecule has 0 spiro atoms. The maximum atomic E-state index is 12.3. The van der Waals surface area contributed by atoms with E-state index in [-0.39, 0.29) is 18.4 Å². The largest absolute Gasteiger partial charge is 0.359 e. The second-order valence-electron chi connectivity index (χ2n) is 5.65. The summed E-state index contributed by atoms with van der Waals surface area (Å²) in [5.74, 6) is 0.348. The van der Waals surface area contributed by atoms with Crippen LogP contribution in [0.2, 0.25) is 0 Å². The lowest BCUT2D eigenvalue weighted by Gasteiger charge is -2.26. The van der Waals surface area contributed by atoms with Crippen LogP contribution in [0.15, 0.2) is 12.3 Å². The second kappa shape index (κ2) is 6.56. The summed E-state index contributed by atoms with van der Waals surface area (Å²) in [6.07, 6.45) is 2.21. The molecule has 0 saturated heterocycles. The molecule has 2 amide bonds. The SMILES string of the molecule is Cc1nc(CCNC(=O)c2cnc3c(c2)N(C)C(=O)CN3)sc1C. The fraction of sp³-hybridized carbons (Fsp3) is 0.375. The fourth-order valence-electron chi connectivity index (χ4n) is 2.41. The van der Waals surface area contributed by atoms with Crippen LogP contribution in [0.5, 0.6) is 0 Å². The monoisotopic (exact) mass is 345 g/mol. The third-order valence-electron chi connectivity index (χ3n) is 3.97. The summed E-state index contributed by atoms with van der Waals surface area (Å²) in [4.78, 5) is 35.4. The van der Waals surface area contributed by atoms with Crippen molar-refractivity contribution in [1.82, 2.24) is 15.3 Å². The molecule has 0 aliphatic carbocycles. The lowest BCUT2D eigenvalue weighted by Crippen LogP contribution is -2.37. The van der Waals surface area contributed by atoms with Crippen LogP contribution in [0.4, 0.5) is 11.5 Å². The van der Waals surface area contributed by atoms with E-state index in [2.05, 4.69) is 20.6 Å². The Morgan fingerprint density at radius 3 is 2.96 bits per heavy atom. The molecule has 2 aromatic rings. The van der Waals surface area contributed by atoms with Crippen molar-refractivity contribution in [1.29, 1.82) is 0 Å². The van der Waals surface area contributed by atoms with E-state index in [1.54, 1.807) is 24.5 Å². The number of anilines is 2. The molecule has 1 aliphatic rings. The molecule has 8 heteroatoms. The van der Waals surface area contributed by atoms with E-state index in [4.69, 9.17) is 0 Å². The second-order valence-corrected chi connectivity index (χ2v) is 6.94. The predicted octanol–water partition coefficient (Wildman–Crippen LogP) is 1.52. The molecule has 7 nitrogen and oxygen atoms in total. The van der Waals surface area contributed by atoms with Crippen molar-refractivity contribution in [2.45, 2.75) is 20.3 Å². The van der Waals surface area contributed by atoms with Crippen molar-refractivity contribution >= 4 is 34.7 Å². The lowest BCUT2D eigenvalue weighted by molar-refractivity contribution is -0.116. The molecule has 3 rings (SSSR count). The molecular formula is C16H19N5O2S. The van der Waals surface area contributed by atoms with Crippen molar-refractivity contribution in [3.8, 4) is 0 Å². The number of aryl methyl sites for hydroxylation is 2. The highest BCUT2D eigenvalue weighted by molar-refractivity contribution is 7.11. The van der Waals surface area contributed by atoms with Crippen LogP contribution >= 0.6 is 11.3 Å². The van der Waals surface area contributed by atoms with Crippen molar-refractivity contribution in [3.63, 3.8) is 0 Å². The molecule has 2 N–H and O–H groups in total. The quantitative estimate of drug-likeness (QED) is 0.877. The highest BCUT2D eigenvalue weighted by Gasteiger charge is 2.22. The first kappa shape index (κ1) is 16.4. The van der Waals surface area contributed by atoms with Gasteiger partial charge in [-0.3, -0.25) is 9.59 Å². The number of hydrogen-bond donors (Lipinski definition) is 2. The van der Waals surface area contributed by atoms with E-state index in [1.165, 1.54) is 16.0 Å². The molecule has 0 atom stereocenters. The van der Waals surface area contributed by atoms with Gasteiger partial charge in [0.15, 0.2) is 0 Å². The average molecular weight is 345 g/mol. The number of pyridine rings is 1. The number of thiazole rings is 1. The minimum Gasteiger partial charge on any atom is -0.359 e. The fourth-order valence-corrected chi connectivity index (χ4v) is 3.35. The van der Waals surface area contributed by atoms with Gasteiger partial charge in [-0.05, 0) is 19.9 Å². The van der Waals surface area contributed by atoms with Gasteiger partial charge in [0.2, 0.25) is 5.91 Å². The minimum atomic E-state index is -0.207. The maximum Gasteiger partial charge on any atom is 0.252 e. The standard InChI is InChI=1S/C16H19N5O2S/c1-9-10(2)24-13(20-9)4-5-17-16(23)11-6-12-15(18-7-11)19-8-14(22)21(12)3/h6-7H,4-5,8H2,1-3H3,(H,17,23)(H,18,19). The number of carbonyl (C=O) groups excluding carboxylic acids is 2. The molecule has 126 valence electrons. The summed E-state index contributed by atoms with van der Waals surface area (Å²) in [6, 6.07) is 1.68. The third kappa shape index (κ3) is 3.23. The lowest BCUT2D eigenvalue weighted by atomic mass is 10.2. The highest BCUT2D eigenvalue weighted by atomic mass is 32.1. The summed E-state index contributed by atoms with van der Waals surface area (Å²) in [5, 5.41) is 6.83. The van der Waals surface area contributed by atoms with Gasteiger partial charge in [-0.15, -0.1) is 11.3 Å². The molecule has 0 radical (unpaired) electrons. The number of rotatable bonds is 4.